The first kappa shape index (κ1) is 8.35. The number of pyridine rings is 1. The SMILES string of the molecule is Cc1c(N)ccc(=O)n1C1CCC1. The largest absolute Gasteiger partial charge is 0.397 e. The molecule has 13 heavy (non-hydrogen) atoms. The lowest BCUT2D eigenvalue weighted by molar-refractivity contribution is 0.302. The Morgan fingerprint density at radius 3 is 2.69 bits per heavy atom. The highest BCUT2D eigenvalue weighted by atomic mass is 16.1. The number of anilines is 1. The summed E-state index contributed by atoms with van der Waals surface area (Å²) in [5.41, 5.74) is 7.45. The van der Waals surface area contributed by atoms with Crippen LogP contribution in [0.25, 0.3) is 0 Å². The van der Waals surface area contributed by atoms with E-state index in [2.05, 4.69) is 0 Å². The highest BCUT2D eigenvalue weighted by Crippen LogP contribution is 2.31. The van der Waals surface area contributed by atoms with Gasteiger partial charge in [-0.25, -0.2) is 0 Å². The number of aromatic nitrogens is 1. The van der Waals surface area contributed by atoms with Crippen molar-refractivity contribution in [3.05, 3.63) is 28.2 Å². The Morgan fingerprint density at radius 1 is 1.46 bits per heavy atom. The second-order valence-corrected chi connectivity index (χ2v) is 3.67. The number of rotatable bonds is 1. The molecule has 70 valence electrons. The molecule has 0 radical (unpaired) electrons. The molecule has 2 N–H and O–H groups in total. The summed E-state index contributed by atoms with van der Waals surface area (Å²) >= 11 is 0. The van der Waals surface area contributed by atoms with E-state index in [9.17, 15) is 4.79 Å². The monoisotopic (exact) mass is 178 g/mol. The zero-order valence-electron chi connectivity index (χ0n) is 7.79. The summed E-state index contributed by atoms with van der Waals surface area (Å²) in [6.07, 6.45) is 3.46. The van der Waals surface area contributed by atoms with Crippen LogP contribution in [0.1, 0.15) is 31.0 Å². The van der Waals surface area contributed by atoms with Crippen LogP contribution in [0.3, 0.4) is 0 Å². The lowest BCUT2D eigenvalue weighted by Gasteiger charge is -2.29. The number of hydrogen-bond acceptors (Lipinski definition) is 2. The average Bonchev–Trinajstić information content (AvgIpc) is 2.02. The third kappa shape index (κ3) is 1.24. The number of nitrogens with zero attached hydrogens (tertiary/aromatic N) is 1. The Labute approximate surface area is 77.2 Å². The van der Waals surface area contributed by atoms with E-state index < -0.39 is 0 Å². The summed E-state index contributed by atoms with van der Waals surface area (Å²) in [6.45, 7) is 1.91. The number of nitrogen functional groups attached to an aromatic ring is 1. The quantitative estimate of drug-likeness (QED) is 0.707. The van der Waals surface area contributed by atoms with Gasteiger partial charge in [-0.15, -0.1) is 0 Å². The first-order valence-electron chi connectivity index (χ1n) is 4.68. The first-order valence-corrected chi connectivity index (χ1v) is 4.68. The molecule has 0 aromatic carbocycles. The molecule has 1 heterocycles. The second kappa shape index (κ2) is 2.91. The Morgan fingerprint density at radius 2 is 2.15 bits per heavy atom. The predicted octanol–water partition coefficient (Wildman–Crippen LogP) is 1.46. The van der Waals surface area contributed by atoms with Crippen molar-refractivity contribution in [2.75, 3.05) is 5.73 Å². The number of nitrogens with two attached hydrogens (primary N) is 1. The van der Waals surface area contributed by atoms with Crippen LogP contribution >= 0.6 is 0 Å². The minimum Gasteiger partial charge on any atom is -0.397 e. The molecule has 1 aliphatic rings. The molecule has 1 aromatic rings. The normalized spacial score (nSPS) is 17.0. The third-order valence-electron chi connectivity index (χ3n) is 2.86. The lowest BCUT2D eigenvalue weighted by atomic mass is 9.92. The van der Waals surface area contributed by atoms with Gasteiger partial charge in [0.2, 0.25) is 0 Å². The zero-order chi connectivity index (χ0) is 9.42. The van der Waals surface area contributed by atoms with Gasteiger partial charge >= 0.3 is 0 Å². The molecule has 0 amide bonds. The molecule has 3 heteroatoms. The molecule has 1 aromatic heterocycles. The van der Waals surface area contributed by atoms with Crippen LogP contribution in [0.4, 0.5) is 5.69 Å². The molecule has 3 nitrogen and oxygen atoms in total. The van der Waals surface area contributed by atoms with E-state index >= 15 is 0 Å². The first-order chi connectivity index (χ1) is 6.20. The maximum Gasteiger partial charge on any atom is 0.251 e. The zero-order valence-corrected chi connectivity index (χ0v) is 7.79. The summed E-state index contributed by atoms with van der Waals surface area (Å²) in [7, 11) is 0. The molecule has 1 saturated carbocycles. The van der Waals surface area contributed by atoms with Crippen molar-refractivity contribution in [2.45, 2.75) is 32.2 Å². The molecule has 0 saturated heterocycles. The molecule has 0 unspecified atom stereocenters. The molecule has 0 atom stereocenters. The molecular formula is C10H14N2O. The Hall–Kier alpha value is -1.25. The molecule has 1 aliphatic carbocycles. The molecule has 0 bridgehead atoms. The number of hydrogen-bond donors (Lipinski definition) is 1. The maximum atomic E-state index is 11.5. The predicted molar refractivity (Wildman–Crippen MR) is 52.7 cm³/mol. The summed E-state index contributed by atoms with van der Waals surface area (Å²) < 4.78 is 1.83. The standard InChI is InChI=1S/C10H14N2O/c1-7-9(11)5-6-10(13)12(7)8-3-2-4-8/h5-6,8H,2-4,11H2,1H3. The Bertz CT molecular complexity index is 377. The fraction of sp³-hybridized carbons (Fsp3) is 0.500. The molecule has 0 spiro atoms. The van der Waals surface area contributed by atoms with Crippen LogP contribution in [0.15, 0.2) is 16.9 Å². The van der Waals surface area contributed by atoms with Crippen LogP contribution in [0.5, 0.6) is 0 Å². The van der Waals surface area contributed by atoms with Crippen molar-refractivity contribution < 1.29 is 0 Å². The van der Waals surface area contributed by atoms with E-state index in [4.69, 9.17) is 5.73 Å². The second-order valence-electron chi connectivity index (χ2n) is 3.67. The highest BCUT2D eigenvalue weighted by molar-refractivity contribution is 5.42. The van der Waals surface area contributed by atoms with Gasteiger partial charge in [0.05, 0.1) is 5.69 Å². The van der Waals surface area contributed by atoms with E-state index in [0.29, 0.717) is 11.7 Å². The third-order valence-corrected chi connectivity index (χ3v) is 2.86. The van der Waals surface area contributed by atoms with E-state index in [1.165, 1.54) is 6.42 Å². The fourth-order valence-electron chi connectivity index (χ4n) is 1.77. The minimum absolute atomic E-state index is 0.0800. The van der Waals surface area contributed by atoms with Crippen molar-refractivity contribution in [3.63, 3.8) is 0 Å². The van der Waals surface area contributed by atoms with E-state index in [1.54, 1.807) is 12.1 Å². The van der Waals surface area contributed by atoms with Crippen LogP contribution in [-0.2, 0) is 0 Å². The van der Waals surface area contributed by atoms with Gasteiger partial charge in [-0.1, -0.05) is 0 Å². The average molecular weight is 178 g/mol. The van der Waals surface area contributed by atoms with Gasteiger partial charge < -0.3 is 10.3 Å². The summed E-state index contributed by atoms with van der Waals surface area (Å²) in [6, 6.07) is 3.64. The summed E-state index contributed by atoms with van der Waals surface area (Å²) in [4.78, 5) is 11.5. The summed E-state index contributed by atoms with van der Waals surface area (Å²) in [5.74, 6) is 0. The molecule has 1 fully saturated rings. The van der Waals surface area contributed by atoms with Gasteiger partial charge in [-0.05, 0) is 32.3 Å². The van der Waals surface area contributed by atoms with Gasteiger partial charge in [-0.2, -0.15) is 0 Å². The summed E-state index contributed by atoms with van der Waals surface area (Å²) in [5, 5.41) is 0. The van der Waals surface area contributed by atoms with Gasteiger partial charge in [-0.3, -0.25) is 4.79 Å². The van der Waals surface area contributed by atoms with Crippen molar-refractivity contribution >= 4 is 5.69 Å². The van der Waals surface area contributed by atoms with Crippen molar-refractivity contribution in [1.82, 2.24) is 4.57 Å². The van der Waals surface area contributed by atoms with Crippen molar-refractivity contribution in [3.8, 4) is 0 Å². The fourth-order valence-corrected chi connectivity index (χ4v) is 1.77. The van der Waals surface area contributed by atoms with Crippen molar-refractivity contribution in [1.29, 1.82) is 0 Å². The maximum absolute atomic E-state index is 11.5. The lowest BCUT2D eigenvalue weighted by Crippen LogP contribution is -2.30. The van der Waals surface area contributed by atoms with E-state index in [1.807, 2.05) is 11.5 Å². The Kier molecular flexibility index (Phi) is 1.87. The van der Waals surface area contributed by atoms with Gasteiger partial charge in [0.25, 0.3) is 5.56 Å². The molecule has 2 rings (SSSR count). The smallest absolute Gasteiger partial charge is 0.251 e. The van der Waals surface area contributed by atoms with E-state index in [0.717, 1.165) is 18.5 Å². The van der Waals surface area contributed by atoms with Gasteiger partial charge in [0.1, 0.15) is 0 Å². The highest BCUT2D eigenvalue weighted by Gasteiger charge is 2.21. The van der Waals surface area contributed by atoms with Crippen molar-refractivity contribution in [2.24, 2.45) is 0 Å². The van der Waals surface area contributed by atoms with Gasteiger partial charge in [0.15, 0.2) is 0 Å². The van der Waals surface area contributed by atoms with Crippen LogP contribution in [0.2, 0.25) is 0 Å². The molecule has 0 aliphatic heterocycles. The molecular weight excluding hydrogens is 164 g/mol. The topological polar surface area (TPSA) is 48.0 Å². The van der Waals surface area contributed by atoms with Crippen LogP contribution < -0.4 is 11.3 Å². The van der Waals surface area contributed by atoms with Crippen LogP contribution in [0, 0.1) is 6.92 Å². The Balaban J connectivity index is 2.53. The van der Waals surface area contributed by atoms with Gasteiger partial charge in [0, 0.05) is 17.8 Å². The van der Waals surface area contributed by atoms with E-state index in [-0.39, 0.29) is 5.56 Å². The minimum atomic E-state index is 0.0800. The van der Waals surface area contributed by atoms with Crippen LogP contribution in [-0.4, -0.2) is 4.57 Å².